The van der Waals surface area contributed by atoms with E-state index >= 15 is 0 Å². The van der Waals surface area contributed by atoms with Crippen LogP contribution in [-0.2, 0) is 0 Å². The number of anilines is 1. The van der Waals surface area contributed by atoms with Gasteiger partial charge in [-0.15, -0.1) is 10.2 Å². The minimum atomic E-state index is 0.598. The predicted molar refractivity (Wildman–Crippen MR) is 50.1 cm³/mol. The fraction of sp³-hybridized carbons (Fsp3) is 0.556. The number of hydrogen-bond acceptors (Lipinski definition) is 4. The summed E-state index contributed by atoms with van der Waals surface area (Å²) in [5.41, 5.74) is 1.23. The Bertz CT molecular complexity index is 310. The van der Waals surface area contributed by atoms with Gasteiger partial charge in [0, 0.05) is 18.7 Å². The summed E-state index contributed by atoms with van der Waals surface area (Å²) in [6.45, 7) is 0. The second-order valence-corrected chi connectivity index (χ2v) is 3.21. The molecule has 0 atom stereocenters. The normalized spacial score (nSPS) is 15.5. The topological polar surface area (TPSA) is 47.0 Å². The SMILES string of the molecule is CNc1nnc(OC)cc1C1CC1. The van der Waals surface area contributed by atoms with Crippen LogP contribution in [0.3, 0.4) is 0 Å². The van der Waals surface area contributed by atoms with Gasteiger partial charge in [0.25, 0.3) is 0 Å². The van der Waals surface area contributed by atoms with Crippen LogP contribution in [0.25, 0.3) is 0 Å². The van der Waals surface area contributed by atoms with Crippen molar-refractivity contribution in [1.82, 2.24) is 10.2 Å². The molecule has 1 aromatic rings. The van der Waals surface area contributed by atoms with E-state index in [1.165, 1.54) is 18.4 Å². The summed E-state index contributed by atoms with van der Waals surface area (Å²) in [6, 6.07) is 1.97. The van der Waals surface area contributed by atoms with Crippen LogP contribution < -0.4 is 10.1 Å². The molecule has 4 nitrogen and oxygen atoms in total. The molecule has 0 radical (unpaired) electrons. The Labute approximate surface area is 77.3 Å². The van der Waals surface area contributed by atoms with E-state index in [4.69, 9.17) is 4.74 Å². The molecule has 0 saturated heterocycles. The van der Waals surface area contributed by atoms with Crippen molar-refractivity contribution in [3.05, 3.63) is 11.6 Å². The lowest BCUT2D eigenvalue weighted by Gasteiger charge is -2.06. The molecule has 0 spiro atoms. The molecule has 1 fully saturated rings. The van der Waals surface area contributed by atoms with Crippen molar-refractivity contribution in [1.29, 1.82) is 0 Å². The van der Waals surface area contributed by atoms with E-state index in [1.54, 1.807) is 7.11 Å². The van der Waals surface area contributed by atoms with E-state index in [2.05, 4.69) is 15.5 Å². The predicted octanol–water partition coefficient (Wildman–Crippen LogP) is 1.40. The zero-order valence-corrected chi connectivity index (χ0v) is 7.87. The minimum absolute atomic E-state index is 0.598. The highest BCUT2D eigenvalue weighted by Crippen LogP contribution is 2.43. The number of hydrogen-bond donors (Lipinski definition) is 1. The first-order valence-corrected chi connectivity index (χ1v) is 4.44. The van der Waals surface area contributed by atoms with Gasteiger partial charge in [0.2, 0.25) is 5.88 Å². The summed E-state index contributed by atoms with van der Waals surface area (Å²) >= 11 is 0. The summed E-state index contributed by atoms with van der Waals surface area (Å²) in [7, 11) is 3.47. The van der Waals surface area contributed by atoms with E-state index < -0.39 is 0 Å². The second kappa shape index (κ2) is 3.20. The van der Waals surface area contributed by atoms with Crippen LogP contribution in [0.1, 0.15) is 24.3 Å². The molecule has 13 heavy (non-hydrogen) atoms. The molecule has 1 aliphatic carbocycles. The van der Waals surface area contributed by atoms with E-state index in [0.29, 0.717) is 11.8 Å². The lowest BCUT2D eigenvalue weighted by Crippen LogP contribution is -2.01. The third kappa shape index (κ3) is 1.56. The molecule has 0 bridgehead atoms. The van der Waals surface area contributed by atoms with Crippen molar-refractivity contribution >= 4 is 5.82 Å². The molecule has 1 N–H and O–H groups in total. The van der Waals surface area contributed by atoms with Gasteiger partial charge in [0.1, 0.15) is 0 Å². The molecule has 0 aromatic carbocycles. The monoisotopic (exact) mass is 179 g/mol. The van der Waals surface area contributed by atoms with Gasteiger partial charge in [-0.3, -0.25) is 0 Å². The Morgan fingerprint density at radius 3 is 2.77 bits per heavy atom. The molecule has 0 aliphatic heterocycles. The van der Waals surface area contributed by atoms with Crippen LogP contribution in [0.2, 0.25) is 0 Å². The Balaban J connectivity index is 2.35. The quantitative estimate of drug-likeness (QED) is 0.762. The number of methoxy groups -OCH3 is 1. The molecule has 1 saturated carbocycles. The summed E-state index contributed by atoms with van der Waals surface area (Å²) in [5.74, 6) is 2.14. The van der Waals surface area contributed by atoms with E-state index in [0.717, 1.165) is 5.82 Å². The Morgan fingerprint density at radius 1 is 1.46 bits per heavy atom. The van der Waals surface area contributed by atoms with Gasteiger partial charge in [-0.05, 0) is 18.8 Å². The molecule has 70 valence electrons. The van der Waals surface area contributed by atoms with E-state index in [9.17, 15) is 0 Å². The molecule has 4 heteroatoms. The average molecular weight is 179 g/mol. The smallest absolute Gasteiger partial charge is 0.233 e. The number of aromatic nitrogens is 2. The molecule has 1 aromatic heterocycles. The highest BCUT2D eigenvalue weighted by Gasteiger charge is 2.27. The van der Waals surface area contributed by atoms with Crippen molar-refractivity contribution < 1.29 is 4.74 Å². The van der Waals surface area contributed by atoms with Crippen LogP contribution in [0, 0.1) is 0 Å². The number of nitrogens with one attached hydrogen (secondary N) is 1. The summed E-state index contributed by atoms with van der Waals surface area (Å²) in [6.07, 6.45) is 2.51. The maximum absolute atomic E-state index is 5.03. The highest BCUT2D eigenvalue weighted by molar-refractivity contribution is 5.48. The van der Waals surface area contributed by atoms with E-state index in [-0.39, 0.29) is 0 Å². The van der Waals surface area contributed by atoms with Gasteiger partial charge in [0.15, 0.2) is 5.82 Å². The molecular weight excluding hydrogens is 166 g/mol. The molecule has 1 heterocycles. The van der Waals surface area contributed by atoms with Gasteiger partial charge < -0.3 is 10.1 Å². The third-order valence-corrected chi connectivity index (χ3v) is 2.26. The van der Waals surface area contributed by atoms with Crippen LogP contribution in [0.4, 0.5) is 5.82 Å². The highest BCUT2D eigenvalue weighted by atomic mass is 16.5. The third-order valence-electron chi connectivity index (χ3n) is 2.26. The minimum Gasteiger partial charge on any atom is -0.480 e. The van der Waals surface area contributed by atoms with Gasteiger partial charge >= 0.3 is 0 Å². The number of nitrogens with zero attached hydrogens (tertiary/aromatic N) is 2. The summed E-state index contributed by atoms with van der Waals surface area (Å²) < 4.78 is 5.03. The molecule has 1 aliphatic rings. The second-order valence-electron chi connectivity index (χ2n) is 3.21. The molecular formula is C9H13N3O. The van der Waals surface area contributed by atoms with E-state index in [1.807, 2.05) is 13.1 Å². The lowest BCUT2D eigenvalue weighted by atomic mass is 10.2. The average Bonchev–Trinajstić information content (AvgIpc) is 3.00. The standard InChI is InChI=1S/C9H13N3O/c1-10-9-7(6-3-4-6)5-8(13-2)11-12-9/h5-6H,3-4H2,1-2H3,(H,10,12). The Hall–Kier alpha value is -1.32. The first-order chi connectivity index (χ1) is 6.35. The first kappa shape index (κ1) is 8.29. The zero-order valence-electron chi connectivity index (χ0n) is 7.87. The van der Waals surface area contributed by atoms with Crippen LogP contribution in [0.15, 0.2) is 6.07 Å². The summed E-state index contributed by atoms with van der Waals surface area (Å²) in [5, 5.41) is 11.0. The molecule has 0 amide bonds. The zero-order chi connectivity index (χ0) is 9.26. The van der Waals surface area contributed by atoms with Gasteiger partial charge in [-0.1, -0.05) is 0 Å². The maximum Gasteiger partial charge on any atom is 0.233 e. The van der Waals surface area contributed by atoms with Gasteiger partial charge in [-0.2, -0.15) is 0 Å². The molecule has 2 rings (SSSR count). The van der Waals surface area contributed by atoms with Crippen LogP contribution >= 0.6 is 0 Å². The summed E-state index contributed by atoms with van der Waals surface area (Å²) in [4.78, 5) is 0. The van der Waals surface area contributed by atoms with Crippen LogP contribution in [-0.4, -0.2) is 24.4 Å². The fourth-order valence-corrected chi connectivity index (χ4v) is 1.39. The fourth-order valence-electron chi connectivity index (χ4n) is 1.39. The van der Waals surface area contributed by atoms with Crippen molar-refractivity contribution in [2.24, 2.45) is 0 Å². The van der Waals surface area contributed by atoms with Gasteiger partial charge in [-0.25, -0.2) is 0 Å². The van der Waals surface area contributed by atoms with Crippen molar-refractivity contribution in [3.8, 4) is 5.88 Å². The largest absolute Gasteiger partial charge is 0.480 e. The van der Waals surface area contributed by atoms with Crippen molar-refractivity contribution in [3.63, 3.8) is 0 Å². The van der Waals surface area contributed by atoms with Gasteiger partial charge in [0.05, 0.1) is 7.11 Å². The van der Waals surface area contributed by atoms with Crippen molar-refractivity contribution in [2.45, 2.75) is 18.8 Å². The number of ether oxygens (including phenoxy) is 1. The van der Waals surface area contributed by atoms with Crippen LogP contribution in [0.5, 0.6) is 5.88 Å². The Morgan fingerprint density at radius 2 is 2.23 bits per heavy atom. The van der Waals surface area contributed by atoms with Crippen molar-refractivity contribution in [2.75, 3.05) is 19.5 Å². The Kier molecular flexibility index (Phi) is 2.04. The maximum atomic E-state index is 5.03. The number of rotatable bonds is 3. The first-order valence-electron chi connectivity index (χ1n) is 4.44. The lowest BCUT2D eigenvalue weighted by molar-refractivity contribution is 0.391. The molecule has 0 unspecified atom stereocenters.